The van der Waals surface area contributed by atoms with E-state index in [0.29, 0.717) is 0 Å². The molecule has 3 atom stereocenters. The molecule has 3 unspecified atom stereocenters. The van der Waals surface area contributed by atoms with Gasteiger partial charge in [0.2, 0.25) is 6.29 Å². The third-order valence-corrected chi connectivity index (χ3v) is 3.44. The lowest BCUT2D eigenvalue weighted by atomic mass is 10.1. The molecule has 0 aromatic heterocycles. The van der Waals surface area contributed by atoms with Crippen LogP contribution in [0.5, 0.6) is 0 Å². The standard InChI is InChI=1S/C10H19NO8S/c12-6-8-4-7(13)5-9(18-8)19-10(14)11-2-1-3-20(15,16)17/h7-9,12-13H,1-6H2,(H,11,14)(H,15,16,17). The minimum atomic E-state index is -4.04. The van der Waals surface area contributed by atoms with Crippen LogP contribution in [0.25, 0.3) is 0 Å². The monoisotopic (exact) mass is 313 g/mol. The number of carbonyl (C=O) groups excluding carboxylic acids is 1. The Labute approximate surface area is 116 Å². The molecule has 1 heterocycles. The van der Waals surface area contributed by atoms with Gasteiger partial charge in [-0.15, -0.1) is 0 Å². The third kappa shape index (κ3) is 7.01. The van der Waals surface area contributed by atoms with Crippen LogP contribution in [0.4, 0.5) is 4.79 Å². The highest BCUT2D eigenvalue weighted by atomic mass is 32.2. The lowest BCUT2D eigenvalue weighted by molar-refractivity contribution is -0.196. The Balaban J connectivity index is 2.24. The maximum atomic E-state index is 11.4. The van der Waals surface area contributed by atoms with Gasteiger partial charge in [0.05, 0.1) is 24.6 Å². The second-order valence-corrected chi connectivity index (χ2v) is 6.04. The average molecular weight is 313 g/mol. The molecular formula is C10H19NO8S. The summed E-state index contributed by atoms with van der Waals surface area (Å²) in [5.74, 6) is -0.460. The summed E-state index contributed by atoms with van der Waals surface area (Å²) in [7, 11) is -4.04. The fourth-order valence-electron chi connectivity index (χ4n) is 1.75. The van der Waals surface area contributed by atoms with E-state index in [-0.39, 0.29) is 32.4 Å². The first kappa shape index (κ1) is 17.1. The van der Waals surface area contributed by atoms with Crippen LogP contribution in [-0.2, 0) is 19.6 Å². The van der Waals surface area contributed by atoms with Gasteiger partial charge < -0.3 is 25.0 Å². The van der Waals surface area contributed by atoms with E-state index in [4.69, 9.17) is 19.1 Å². The predicted molar refractivity (Wildman–Crippen MR) is 66.5 cm³/mol. The van der Waals surface area contributed by atoms with Crippen molar-refractivity contribution < 1.29 is 37.5 Å². The van der Waals surface area contributed by atoms with Crippen molar-refractivity contribution in [3.05, 3.63) is 0 Å². The van der Waals surface area contributed by atoms with Crippen molar-refractivity contribution >= 4 is 16.2 Å². The minimum Gasteiger partial charge on any atom is -0.420 e. The Morgan fingerprint density at radius 1 is 1.40 bits per heavy atom. The van der Waals surface area contributed by atoms with E-state index in [1.54, 1.807) is 0 Å². The van der Waals surface area contributed by atoms with Crippen molar-refractivity contribution in [1.29, 1.82) is 0 Å². The molecule has 1 aliphatic rings. The number of alkyl carbamates (subject to hydrolysis) is 1. The number of rotatable bonds is 6. The summed E-state index contributed by atoms with van der Waals surface area (Å²) in [5, 5.41) is 20.7. The smallest absolute Gasteiger partial charge is 0.409 e. The Hall–Kier alpha value is -0.940. The molecule has 1 saturated heterocycles. The molecule has 0 radical (unpaired) electrons. The van der Waals surface area contributed by atoms with Crippen LogP contribution in [0.1, 0.15) is 19.3 Å². The number of aliphatic hydroxyl groups excluding tert-OH is 2. The van der Waals surface area contributed by atoms with Crippen molar-refractivity contribution in [2.24, 2.45) is 0 Å². The summed E-state index contributed by atoms with van der Waals surface area (Å²) in [4.78, 5) is 11.4. The van der Waals surface area contributed by atoms with Gasteiger partial charge in [0, 0.05) is 19.4 Å². The number of carbonyl (C=O) groups is 1. The van der Waals surface area contributed by atoms with E-state index in [1.807, 2.05) is 0 Å². The normalized spacial score (nSPS) is 27.1. The summed E-state index contributed by atoms with van der Waals surface area (Å²) in [6.45, 7) is -0.274. The van der Waals surface area contributed by atoms with E-state index >= 15 is 0 Å². The number of hydrogen-bond donors (Lipinski definition) is 4. The van der Waals surface area contributed by atoms with Gasteiger partial charge in [-0.2, -0.15) is 8.42 Å². The highest BCUT2D eigenvalue weighted by Crippen LogP contribution is 2.20. The summed E-state index contributed by atoms with van der Waals surface area (Å²) >= 11 is 0. The maximum absolute atomic E-state index is 11.4. The number of hydrogen-bond acceptors (Lipinski definition) is 7. The van der Waals surface area contributed by atoms with Crippen LogP contribution >= 0.6 is 0 Å². The van der Waals surface area contributed by atoms with E-state index in [9.17, 15) is 18.3 Å². The molecule has 0 saturated carbocycles. The molecular weight excluding hydrogens is 294 g/mol. The molecule has 10 heteroatoms. The first-order valence-electron chi connectivity index (χ1n) is 6.14. The Kier molecular flexibility index (Phi) is 6.62. The minimum absolute atomic E-state index is 0.0112. The third-order valence-electron chi connectivity index (χ3n) is 2.63. The van der Waals surface area contributed by atoms with E-state index in [1.165, 1.54) is 0 Å². The molecule has 1 fully saturated rings. The zero-order valence-corrected chi connectivity index (χ0v) is 11.6. The second-order valence-electron chi connectivity index (χ2n) is 4.47. The van der Waals surface area contributed by atoms with E-state index < -0.39 is 40.5 Å². The van der Waals surface area contributed by atoms with Gasteiger partial charge in [-0.1, -0.05) is 0 Å². The summed E-state index contributed by atoms with van der Waals surface area (Å²) in [5.41, 5.74) is 0. The van der Waals surface area contributed by atoms with Gasteiger partial charge in [0.25, 0.3) is 10.1 Å². The zero-order valence-electron chi connectivity index (χ0n) is 10.8. The van der Waals surface area contributed by atoms with Gasteiger partial charge >= 0.3 is 6.09 Å². The van der Waals surface area contributed by atoms with Crippen LogP contribution in [0.2, 0.25) is 0 Å². The number of amides is 1. The largest absolute Gasteiger partial charge is 0.420 e. The van der Waals surface area contributed by atoms with Gasteiger partial charge in [0.15, 0.2) is 0 Å². The molecule has 0 aromatic rings. The molecule has 0 aliphatic carbocycles. The second kappa shape index (κ2) is 7.74. The van der Waals surface area contributed by atoms with E-state index in [0.717, 1.165) is 0 Å². The fourth-order valence-corrected chi connectivity index (χ4v) is 2.26. The SMILES string of the molecule is O=C(NCCCS(=O)(=O)O)OC1CC(O)CC(CO)O1. The lowest BCUT2D eigenvalue weighted by Gasteiger charge is -2.31. The highest BCUT2D eigenvalue weighted by molar-refractivity contribution is 7.85. The van der Waals surface area contributed by atoms with Crippen LogP contribution < -0.4 is 5.32 Å². The lowest BCUT2D eigenvalue weighted by Crippen LogP contribution is -2.41. The molecule has 0 aromatic carbocycles. The zero-order chi connectivity index (χ0) is 15.2. The van der Waals surface area contributed by atoms with Gasteiger partial charge in [-0.25, -0.2) is 4.79 Å². The van der Waals surface area contributed by atoms with Gasteiger partial charge in [-0.05, 0) is 6.42 Å². The summed E-state index contributed by atoms with van der Waals surface area (Å²) in [6.07, 6.45) is -2.68. The summed E-state index contributed by atoms with van der Waals surface area (Å²) in [6, 6.07) is 0. The Morgan fingerprint density at radius 2 is 2.10 bits per heavy atom. The number of ether oxygens (including phenoxy) is 2. The first-order valence-corrected chi connectivity index (χ1v) is 7.75. The average Bonchev–Trinajstić information content (AvgIpc) is 2.32. The van der Waals surface area contributed by atoms with Gasteiger partial charge in [0.1, 0.15) is 0 Å². The molecule has 1 amide bonds. The molecule has 4 N–H and O–H groups in total. The van der Waals surface area contributed by atoms with Crippen LogP contribution in [0, 0.1) is 0 Å². The first-order chi connectivity index (χ1) is 9.30. The van der Waals surface area contributed by atoms with E-state index in [2.05, 4.69) is 5.32 Å². The fraction of sp³-hybridized carbons (Fsp3) is 0.900. The van der Waals surface area contributed by atoms with Crippen molar-refractivity contribution in [3.63, 3.8) is 0 Å². The summed E-state index contributed by atoms with van der Waals surface area (Å²) < 4.78 is 39.4. The van der Waals surface area contributed by atoms with Crippen molar-refractivity contribution in [3.8, 4) is 0 Å². The molecule has 1 aliphatic heterocycles. The van der Waals surface area contributed by atoms with Gasteiger partial charge in [-0.3, -0.25) is 4.55 Å². The van der Waals surface area contributed by atoms with Crippen molar-refractivity contribution in [1.82, 2.24) is 5.32 Å². The maximum Gasteiger partial charge on any atom is 0.409 e. The predicted octanol–water partition coefficient (Wildman–Crippen LogP) is -1.15. The van der Waals surface area contributed by atoms with Crippen molar-refractivity contribution in [2.45, 2.75) is 37.8 Å². The highest BCUT2D eigenvalue weighted by Gasteiger charge is 2.30. The molecule has 0 bridgehead atoms. The molecule has 9 nitrogen and oxygen atoms in total. The van der Waals surface area contributed by atoms with Crippen molar-refractivity contribution in [2.75, 3.05) is 18.9 Å². The Morgan fingerprint density at radius 3 is 2.70 bits per heavy atom. The number of aliphatic hydroxyl groups is 2. The van der Waals surface area contributed by atoms with Crippen LogP contribution in [-0.4, -0.2) is 66.7 Å². The molecule has 1 rings (SSSR count). The van der Waals surface area contributed by atoms with Crippen LogP contribution in [0.3, 0.4) is 0 Å². The topological polar surface area (TPSA) is 142 Å². The Bertz CT molecular complexity index is 411. The molecule has 20 heavy (non-hydrogen) atoms. The molecule has 0 spiro atoms. The molecule has 118 valence electrons. The quantitative estimate of drug-likeness (QED) is 0.355. The van der Waals surface area contributed by atoms with Crippen LogP contribution in [0.15, 0.2) is 0 Å². The number of nitrogens with one attached hydrogen (secondary N) is 1.